The minimum atomic E-state index is -3.64. The Hall–Kier alpha value is -2.02. The van der Waals surface area contributed by atoms with Crippen LogP contribution in [0.25, 0.3) is 0 Å². The largest absolute Gasteiger partial charge is 0.263 e. The molecule has 4 nitrogen and oxygen atoms in total. The average molecular weight is 330 g/mol. The van der Waals surface area contributed by atoms with E-state index < -0.39 is 16.1 Å². The van der Waals surface area contributed by atoms with Crippen LogP contribution >= 0.6 is 11.3 Å². The van der Waals surface area contributed by atoms with E-state index in [1.807, 2.05) is 47.8 Å². The molecule has 0 bridgehead atoms. The lowest BCUT2D eigenvalue weighted by atomic mass is 10.1. The van der Waals surface area contributed by atoms with Gasteiger partial charge in [-0.25, -0.2) is 8.42 Å². The van der Waals surface area contributed by atoms with Gasteiger partial charge in [-0.2, -0.15) is 4.72 Å². The number of rotatable bonds is 5. The van der Waals surface area contributed by atoms with Crippen LogP contribution in [0.1, 0.15) is 16.5 Å². The van der Waals surface area contributed by atoms with Gasteiger partial charge in [0, 0.05) is 17.3 Å². The minimum Gasteiger partial charge on any atom is -0.263 e. The first-order chi connectivity index (χ1) is 10.7. The first kappa shape index (κ1) is 14.9. The zero-order chi connectivity index (χ0) is 15.4. The van der Waals surface area contributed by atoms with E-state index in [0.717, 1.165) is 10.4 Å². The van der Waals surface area contributed by atoms with Crippen molar-refractivity contribution < 1.29 is 8.42 Å². The average Bonchev–Trinajstić information content (AvgIpc) is 3.09. The van der Waals surface area contributed by atoms with E-state index in [4.69, 9.17) is 0 Å². The first-order valence-electron chi connectivity index (χ1n) is 6.67. The number of nitrogens with one attached hydrogen (secondary N) is 1. The van der Waals surface area contributed by atoms with Crippen LogP contribution in [0.3, 0.4) is 0 Å². The Morgan fingerprint density at radius 3 is 2.45 bits per heavy atom. The summed E-state index contributed by atoms with van der Waals surface area (Å²) in [5.41, 5.74) is 0.900. The summed E-state index contributed by atoms with van der Waals surface area (Å²) in [6.45, 7) is 0. The third-order valence-electron chi connectivity index (χ3n) is 3.18. The van der Waals surface area contributed by atoms with Gasteiger partial charge in [-0.15, -0.1) is 11.3 Å². The van der Waals surface area contributed by atoms with Crippen LogP contribution in [0.2, 0.25) is 0 Å². The number of hydrogen-bond donors (Lipinski definition) is 1. The van der Waals surface area contributed by atoms with Crippen molar-refractivity contribution in [3.05, 3.63) is 82.8 Å². The third-order valence-corrected chi connectivity index (χ3v) is 5.52. The number of sulfonamides is 1. The predicted octanol–water partition coefficient (Wildman–Crippen LogP) is 3.21. The zero-order valence-corrected chi connectivity index (χ0v) is 13.2. The molecule has 3 aromatic rings. The minimum absolute atomic E-state index is 0.160. The molecular weight excluding hydrogens is 316 g/mol. The smallest absolute Gasteiger partial charge is 0.242 e. The van der Waals surface area contributed by atoms with Gasteiger partial charge < -0.3 is 0 Å². The Morgan fingerprint density at radius 2 is 1.82 bits per heavy atom. The molecule has 0 fully saturated rings. The molecule has 0 unspecified atom stereocenters. The summed E-state index contributed by atoms with van der Waals surface area (Å²) in [4.78, 5) is 4.98. The summed E-state index contributed by atoms with van der Waals surface area (Å²) < 4.78 is 27.9. The SMILES string of the molecule is O=S(=O)(N[C@H](c1ccccc1)c1cccs1)c1cccnc1. The van der Waals surface area contributed by atoms with Crippen LogP contribution in [-0.2, 0) is 10.0 Å². The summed E-state index contributed by atoms with van der Waals surface area (Å²) in [5, 5.41) is 1.93. The number of benzene rings is 1. The van der Waals surface area contributed by atoms with E-state index in [1.54, 1.807) is 12.3 Å². The van der Waals surface area contributed by atoms with Crippen molar-refractivity contribution in [2.45, 2.75) is 10.9 Å². The molecular formula is C16H14N2O2S2. The predicted molar refractivity (Wildman–Crippen MR) is 87.2 cm³/mol. The highest BCUT2D eigenvalue weighted by atomic mass is 32.2. The molecule has 0 amide bonds. The van der Waals surface area contributed by atoms with E-state index in [9.17, 15) is 8.42 Å². The van der Waals surface area contributed by atoms with Crippen molar-refractivity contribution in [3.8, 4) is 0 Å². The maximum Gasteiger partial charge on any atom is 0.242 e. The van der Waals surface area contributed by atoms with E-state index in [2.05, 4.69) is 9.71 Å². The fraction of sp³-hybridized carbons (Fsp3) is 0.0625. The maximum absolute atomic E-state index is 12.6. The molecule has 1 N–H and O–H groups in total. The highest BCUT2D eigenvalue weighted by Gasteiger charge is 2.23. The third kappa shape index (κ3) is 3.24. The van der Waals surface area contributed by atoms with Crippen LogP contribution in [-0.4, -0.2) is 13.4 Å². The summed E-state index contributed by atoms with van der Waals surface area (Å²) in [6.07, 6.45) is 2.89. The standard InChI is InChI=1S/C16H14N2O2S2/c19-22(20,14-8-4-10-17-12-14)18-16(15-9-5-11-21-15)13-6-2-1-3-7-13/h1-12,16,18H/t16-/m1/s1. The van der Waals surface area contributed by atoms with Gasteiger partial charge in [0.05, 0.1) is 6.04 Å². The first-order valence-corrected chi connectivity index (χ1v) is 9.04. The molecule has 0 saturated carbocycles. The van der Waals surface area contributed by atoms with Crippen molar-refractivity contribution in [1.29, 1.82) is 0 Å². The number of pyridine rings is 1. The monoisotopic (exact) mass is 330 g/mol. The van der Waals surface area contributed by atoms with Crippen molar-refractivity contribution in [1.82, 2.24) is 9.71 Å². The molecule has 0 radical (unpaired) electrons. The lowest BCUT2D eigenvalue weighted by molar-refractivity contribution is 0.573. The van der Waals surface area contributed by atoms with Gasteiger partial charge in [0.25, 0.3) is 0 Å². The molecule has 0 aliphatic rings. The second-order valence-corrected chi connectivity index (χ2v) is 7.36. The Morgan fingerprint density at radius 1 is 1.00 bits per heavy atom. The Bertz CT molecular complexity index is 817. The van der Waals surface area contributed by atoms with Gasteiger partial charge in [0.15, 0.2) is 0 Å². The van der Waals surface area contributed by atoms with Gasteiger partial charge in [-0.1, -0.05) is 36.4 Å². The van der Waals surface area contributed by atoms with Crippen LogP contribution in [0.15, 0.2) is 77.3 Å². The summed E-state index contributed by atoms with van der Waals surface area (Å²) in [5.74, 6) is 0. The zero-order valence-electron chi connectivity index (χ0n) is 11.6. The molecule has 0 saturated heterocycles. The van der Waals surface area contributed by atoms with Crippen LogP contribution in [0, 0.1) is 0 Å². The fourth-order valence-corrected chi connectivity index (χ4v) is 4.16. The molecule has 2 aromatic heterocycles. The molecule has 0 aliphatic heterocycles. The molecule has 6 heteroatoms. The lowest BCUT2D eigenvalue weighted by Gasteiger charge is -2.18. The summed E-state index contributed by atoms with van der Waals surface area (Å²) >= 11 is 1.52. The van der Waals surface area contributed by atoms with Crippen molar-refractivity contribution >= 4 is 21.4 Å². The Kier molecular flexibility index (Phi) is 4.33. The Labute approximate surface area is 133 Å². The topological polar surface area (TPSA) is 59.1 Å². The normalized spacial score (nSPS) is 12.9. The lowest BCUT2D eigenvalue weighted by Crippen LogP contribution is -2.29. The molecule has 0 aliphatic carbocycles. The molecule has 3 rings (SSSR count). The van der Waals surface area contributed by atoms with E-state index >= 15 is 0 Å². The van der Waals surface area contributed by atoms with Crippen LogP contribution in [0.4, 0.5) is 0 Å². The maximum atomic E-state index is 12.6. The van der Waals surface area contributed by atoms with Gasteiger partial charge in [0.2, 0.25) is 10.0 Å². The summed E-state index contributed by atoms with van der Waals surface area (Å²) in [7, 11) is -3.64. The molecule has 1 aromatic carbocycles. The van der Waals surface area contributed by atoms with Gasteiger partial charge in [0.1, 0.15) is 4.90 Å². The number of hydrogen-bond acceptors (Lipinski definition) is 4. The highest BCUT2D eigenvalue weighted by Crippen LogP contribution is 2.27. The van der Waals surface area contributed by atoms with Crippen molar-refractivity contribution in [2.75, 3.05) is 0 Å². The highest BCUT2D eigenvalue weighted by molar-refractivity contribution is 7.89. The van der Waals surface area contributed by atoms with Gasteiger partial charge in [-0.05, 0) is 29.1 Å². The van der Waals surface area contributed by atoms with Crippen LogP contribution < -0.4 is 4.72 Å². The second kappa shape index (κ2) is 6.39. The fourth-order valence-electron chi connectivity index (χ4n) is 2.12. The van der Waals surface area contributed by atoms with Crippen molar-refractivity contribution in [2.24, 2.45) is 0 Å². The van der Waals surface area contributed by atoms with E-state index in [1.165, 1.54) is 23.6 Å². The number of thiophene rings is 1. The van der Waals surface area contributed by atoms with Gasteiger partial charge in [-0.3, -0.25) is 4.98 Å². The number of aromatic nitrogens is 1. The van der Waals surface area contributed by atoms with E-state index in [-0.39, 0.29) is 4.90 Å². The second-order valence-electron chi connectivity index (χ2n) is 4.67. The molecule has 1 atom stereocenters. The molecule has 2 heterocycles. The quantitative estimate of drug-likeness (QED) is 0.781. The number of nitrogens with zero attached hydrogens (tertiary/aromatic N) is 1. The van der Waals surface area contributed by atoms with Crippen LogP contribution in [0.5, 0.6) is 0 Å². The van der Waals surface area contributed by atoms with E-state index in [0.29, 0.717) is 0 Å². The molecule has 112 valence electrons. The van der Waals surface area contributed by atoms with Gasteiger partial charge >= 0.3 is 0 Å². The molecule has 0 spiro atoms. The van der Waals surface area contributed by atoms with Crippen molar-refractivity contribution in [3.63, 3.8) is 0 Å². The Balaban J connectivity index is 1.98. The summed E-state index contributed by atoms with van der Waals surface area (Å²) in [6, 6.07) is 16.1. The molecule has 22 heavy (non-hydrogen) atoms.